The van der Waals surface area contributed by atoms with E-state index < -0.39 is 0 Å². The summed E-state index contributed by atoms with van der Waals surface area (Å²) >= 11 is 6.12. The lowest BCUT2D eigenvalue weighted by atomic mass is 9.91. The number of methoxy groups -OCH3 is 2. The van der Waals surface area contributed by atoms with Gasteiger partial charge in [-0.2, -0.15) is 0 Å². The standard InChI is InChI=1S/C14H19ClO4/c1-4-18-14-12(15)8-13(14)19-11-6-9(16-2)5-10(7-11)17-3/h5-7,12-14H,4,8H2,1-3H3. The molecule has 0 radical (unpaired) electrons. The summed E-state index contributed by atoms with van der Waals surface area (Å²) in [4.78, 5) is 0. The van der Waals surface area contributed by atoms with Crippen molar-refractivity contribution in [2.75, 3.05) is 20.8 Å². The first-order chi connectivity index (χ1) is 9.17. The molecule has 1 aromatic rings. The lowest BCUT2D eigenvalue weighted by Crippen LogP contribution is -2.52. The maximum Gasteiger partial charge on any atom is 0.128 e. The quantitative estimate of drug-likeness (QED) is 0.754. The van der Waals surface area contributed by atoms with E-state index in [9.17, 15) is 0 Å². The Morgan fingerprint density at radius 2 is 1.68 bits per heavy atom. The fraction of sp³-hybridized carbons (Fsp3) is 0.571. The Morgan fingerprint density at radius 3 is 2.16 bits per heavy atom. The van der Waals surface area contributed by atoms with Gasteiger partial charge < -0.3 is 18.9 Å². The third kappa shape index (κ3) is 3.25. The molecule has 4 nitrogen and oxygen atoms in total. The molecule has 0 N–H and O–H groups in total. The third-order valence-electron chi connectivity index (χ3n) is 3.15. The molecule has 1 aliphatic carbocycles. The molecular formula is C14H19ClO4. The third-order valence-corrected chi connectivity index (χ3v) is 3.58. The highest BCUT2D eigenvalue weighted by molar-refractivity contribution is 6.21. The van der Waals surface area contributed by atoms with Crippen molar-refractivity contribution in [3.05, 3.63) is 18.2 Å². The van der Waals surface area contributed by atoms with Gasteiger partial charge in [0.2, 0.25) is 0 Å². The summed E-state index contributed by atoms with van der Waals surface area (Å²) in [5, 5.41) is 0.0254. The number of rotatable bonds is 6. The lowest BCUT2D eigenvalue weighted by Gasteiger charge is -2.40. The average molecular weight is 287 g/mol. The molecule has 0 amide bonds. The number of halogens is 1. The molecule has 0 heterocycles. The first-order valence-corrected chi connectivity index (χ1v) is 6.77. The van der Waals surface area contributed by atoms with Gasteiger partial charge in [-0.3, -0.25) is 0 Å². The summed E-state index contributed by atoms with van der Waals surface area (Å²) in [6.45, 7) is 2.59. The van der Waals surface area contributed by atoms with Crippen molar-refractivity contribution in [3.63, 3.8) is 0 Å². The maximum absolute atomic E-state index is 6.12. The van der Waals surface area contributed by atoms with Crippen molar-refractivity contribution in [3.8, 4) is 17.2 Å². The highest BCUT2D eigenvalue weighted by Gasteiger charge is 2.42. The van der Waals surface area contributed by atoms with Crippen LogP contribution in [0.15, 0.2) is 18.2 Å². The van der Waals surface area contributed by atoms with Crippen LogP contribution in [0.1, 0.15) is 13.3 Å². The molecule has 1 aliphatic rings. The molecule has 0 aliphatic heterocycles. The Balaban J connectivity index is 2.06. The van der Waals surface area contributed by atoms with E-state index in [0.29, 0.717) is 23.9 Å². The van der Waals surface area contributed by atoms with Crippen LogP contribution in [-0.4, -0.2) is 38.4 Å². The molecule has 0 aromatic heterocycles. The van der Waals surface area contributed by atoms with Crippen LogP contribution >= 0.6 is 11.6 Å². The van der Waals surface area contributed by atoms with Crippen LogP contribution in [0, 0.1) is 0 Å². The summed E-state index contributed by atoms with van der Waals surface area (Å²) in [5.74, 6) is 2.10. The van der Waals surface area contributed by atoms with Gasteiger partial charge in [0.25, 0.3) is 0 Å². The van der Waals surface area contributed by atoms with Crippen LogP contribution in [0.3, 0.4) is 0 Å². The molecule has 1 aromatic carbocycles. The normalized spacial score (nSPS) is 25.6. The van der Waals surface area contributed by atoms with E-state index in [2.05, 4.69) is 0 Å². The smallest absolute Gasteiger partial charge is 0.128 e. The molecule has 0 spiro atoms. The van der Waals surface area contributed by atoms with Crippen LogP contribution in [-0.2, 0) is 4.74 Å². The molecule has 106 valence electrons. The van der Waals surface area contributed by atoms with Gasteiger partial charge >= 0.3 is 0 Å². The Hall–Kier alpha value is -1.13. The summed E-state index contributed by atoms with van der Waals surface area (Å²) < 4.78 is 21.9. The van der Waals surface area contributed by atoms with Crippen molar-refractivity contribution >= 4 is 11.6 Å². The average Bonchev–Trinajstić information content (AvgIpc) is 2.43. The lowest BCUT2D eigenvalue weighted by molar-refractivity contribution is -0.0760. The van der Waals surface area contributed by atoms with Crippen molar-refractivity contribution in [2.24, 2.45) is 0 Å². The SMILES string of the molecule is CCOC1C(Cl)CC1Oc1cc(OC)cc(OC)c1. The number of benzene rings is 1. The number of ether oxygens (including phenoxy) is 4. The second-order valence-electron chi connectivity index (χ2n) is 4.38. The van der Waals surface area contributed by atoms with E-state index in [4.69, 9.17) is 30.5 Å². The van der Waals surface area contributed by atoms with Gasteiger partial charge in [-0.1, -0.05) is 0 Å². The van der Waals surface area contributed by atoms with E-state index in [1.807, 2.05) is 19.1 Å². The Bertz CT molecular complexity index is 402. The maximum atomic E-state index is 6.12. The number of hydrogen-bond acceptors (Lipinski definition) is 4. The van der Waals surface area contributed by atoms with E-state index in [0.717, 1.165) is 6.42 Å². The van der Waals surface area contributed by atoms with Gasteiger partial charge in [-0.25, -0.2) is 0 Å². The molecule has 0 saturated heterocycles. The van der Waals surface area contributed by atoms with Gasteiger partial charge in [-0.05, 0) is 6.92 Å². The van der Waals surface area contributed by atoms with Crippen molar-refractivity contribution in [1.82, 2.24) is 0 Å². The zero-order chi connectivity index (χ0) is 13.8. The molecule has 1 saturated carbocycles. The van der Waals surface area contributed by atoms with E-state index in [1.165, 1.54) is 0 Å². The zero-order valence-corrected chi connectivity index (χ0v) is 12.1. The predicted molar refractivity (Wildman–Crippen MR) is 73.6 cm³/mol. The Kier molecular flexibility index (Phi) is 4.77. The second kappa shape index (κ2) is 6.35. The van der Waals surface area contributed by atoms with Crippen LogP contribution in [0.25, 0.3) is 0 Å². The van der Waals surface area contributed by atoms with E-state index in [1.54, 1.807) is 20.3 Å². The highest BCUT2D eigenvalue weighted by Crippen LogP contribution is 2.35. The highest BCUT2D eigenvalue weighted by atomic mass is 35.5. The van der Waals surface area contributed by atoms with Crippen LogP contribution in [0.4, 0.5) is 0 Å². The minimum atomic E-state index is -0.0520. The number of hydrogen-bond donors (Lipinski definition) is 0. The van der Waals surface area contributed by atoms with E-state index in [-0.39, 0.29) is 17.6 Å². The Morgan fingerprint density at radius 1 is 1.11 bits per heavy atom. The molecule has 5 heteroatoms. The summed E-state index contributed by atoms with van der Waals surface area (Å²) in [6, 6.07) is 5.46. The van der Waals surface area contributed by atoms with Gasteiger partial charge in [0, 0.05) is 31.2 Å². The molecular weight excluding hydrogens is 268 g/mol. The molecule has 1 fully saturated rings. The summed E-state index contributed by atoms with van der Waals surface area (Å²) in [7, 11) is 3.22. The minimum absolute atomic E-state index is 0.0146. The second-order valence-corrected chi connectivity index (χ2v) is 4.94. The molecule has 19 heavy (non-hydrogen) atoms. The monoisotopic (exact) mass is 286 g/mol. The fourth-order valence-electron chi connectivity index (χ4n) is 2.07. The molecule has 3 unspecified atom stereocenters. The van der Waals surface area contributed by atoms with Crippen molar-refractivity contribution < 1.29 is 18.9 Å². The van der Waals surface area contributed by atoms with Crippen LogP contribution in [0.5, 0.6) is 17.2 Å². The fourth-order valence-corrected chi connectivity index (χ4v) is 2.48. The van der Waals surface area contributed by atoms with E-state index >= 15 is 0 Å². The first-order valence-electron chi connectivity index (χ1n) is 6.33. The molecule has 2 rings (SSSR count). The minimum Gasteiger partial charge on any atom is -0.496 e. The summed E-state index contributed by atoms with van der Waals surface area (Å²) in [6.07, 6.45) is 0.717. The molecule has 3 atom stereocenters. The van der Waals surface area contributed by atoms with Gasteiger partial charge in [0.1, 0.15) is 29.5 Å². The van der Waals surface area contributed by atoms with Crippen molar-refractivity contribution in [1.29, 1.82) is 0 Å². The van der Waals surface area contributed by atoms with Crippen molar-refractivity contribution in [2.45, 2.75) is 30.9 Å². The first kappa shape index (κ1) is 14.3. The summed E-state index contributed by atoms with van der Waals surface area (Å²) in [5.41, 5.74) is 0. The Labute approximate surface area is 118 Å². The topological polar surface area (TPSA) is 36.9 Å². The molecule has 0 bridgehead atoms. The zero-order valence-electron chi connectivity index (χ0n) is 11.4. The van der Waals surface area contributed by atoms with Gasteiger partial charge in [0.15, 0.2) is 0 Å². The van der Waals surface area contributed by atoms with Gasteiger partial charge in [0.05, 0.1) is 19.6 Å². The number of alkyl halides is 1. The van der Waals surface area contributed by atoms with Crippen LogP contribution < -0.4 is 14.2 Å². The largest absolute Gasteiger partial charge is 0.496 e. The predicted octanol–water partition coefficient (Wildman–Crippen LogP) is 2.87. The van der Waals surface area contributed by atoms with Crippen LogP contribution in [0.2, 0.25) is 0 Å². The van der Waals surface area contributed by atoms with Gasteiger partial charge in [-0.15, -0.1) is 11.6 Å².